The number of hydrogen-bond donors (Lipinski definition) is 1. The molecule has 0 spiro atoms. The van der Waals surface area contributed by atoms with E-state index in [0.717, 1.165) is 25.0 Å². The Morgan fingerprint density at radius 2 is 2.07 bits per heavy atom. The molecule has 3 heteroatoms. The van der Waals surface area contributed by atoms with E-state index < -0.39 is 5.97 Å². The SMILES string of the molecule is O=C(O)CCN1CC2CCCCCC21. The summed E-state index contributed by atoms with van der Waals surface area (Å²) in [5, 5.41) is 8.61. The van der Waals surface area contributed by atoms with Gasteiger partial charge in [0.1, 0.15) is 0 Å². The number of aliphatic carboxylic acids is 1. The molecule has 0 aromatic heterocycles. The minimum atomic E-state index is -0.665. The largest absolute Gasteiger partial charge is 0.481 e. The van der Waals surface area contributed by atoms with Crippen LogP contribution in [0.25, 0.3) is 0 Å². The monoisotopic (exact) mass is 197 g/mol. The van der Waals surface area contributed by atoms with Crippen LogP contribution in [0.1, 0.15) is 38.5 Å². The predicted molar refractivity (Wildman–Crippen MR) is 54.2 cm³/mol. The summed E-state index contributed by atoms with van der Waals surface area (Å²) >= 11 is 0. The smallest absolute Gasteiger partial charge is 0.304 e. The Morgan fingerprint density at radius 1 is 1.29 bits per heavy atom. The van der Waals surface area contributed by atoms with E-state index in [1.165, 1.54) is 32.1 Å². The molecule has 2 atom stereocenters. The minimum Gasteiger partial charge on any atom is -0.481 e. The molecule has 80 valence electrons. The fourth-order valence-corrected chi connectivity index (χ4v) is 2.85. The number of rotatable bonds is 3. The third-order valence-electron chi connectivity index (χ3n) is 3.67. The minimum absolute atomic E-state index is 0.309. The summed E-state index contributed by atoms with van der Waals surface area (Å²) in [4.78, 5) is 12.8. The second kappa shape index (κ2) is 4.30. The van der Waals surface area contributed by atoms with Crippen LogP contribution in [0.3, 0.4) is 0 Å². The van der Waals surface area contributed by atoms with E-state index in [-0.39, 0.29) is 0 Å². The van der Waals surface area contributed by atoms with Crippen molar-refractivity contribution in [2.75, 3.05) is 13.1 Å². The third-order valence-corrected chi connectivity index (χ3v) is 3.67. The summed E-state index contributed by atoms with van der Waals surface area (Å²) in [6.07, 6.45) is 7.07. The molecule has 1 N–H and O–H groups in total. The zero-order valence-electron chi connectivity index (χ0n) is 8.61. The fourth-order valence-electron chi connectivity index (χ4n) is 2.85. The molecule has 2 aliphatic rings. The second-order valence-corrected chi connectivity index (χ2v) is 4.60. The number of fused-ring (bicyclic) bond motifs is 1. The first-order valence-electron chi connectivity index (χ1n) is 5.73. The molecule has 1 aliphatic heterocycles. The first-order chi connectivity index (χ1) is 6.77. The quantitative estimate of drug-likeness (QED) is 0.749. The first-order valence-corrected chi connectivity index (χ1v) is 5.73. The van der Waals surface area contributed by atoms with Gasteiger partial charge < -0.3 is 5.11 Å². The number of carbonyl (C=O) groups is 1. The molecule has 0 radical (unpaired) electrons. The average molecular weight is 197 g/mol. The van der Waals surface area contributed by atoms with Crippen molar-refractivity contribution < 1.29 is 9.90 Å². The van der Waals surface area contributed by atoms with E-state index in [2.05, 4.69) is 4.90 Å². The third kappa shape index (κ3) is 2.08. The van der Waals surface area contributed by atoms with E-state index >= 15 is 0 Å². The maximum absolute atomic E-state index is 10.4. The van der Waals surface area contributed by atoms with Gasteiger partial charge in [-0.2, -0.15) is 0 Å². The highest BCUT2D eigenvalue weighted by Gasteiger charge is 2.38. The van der Waals surface area contributed by atoms with Gasteiger partial charge in [-0.25, -0.2) is 0 Å². The van der Waals surface area contributed by atoms with Gasteiger partial charge in [-0.15, -0.1) is 0 Å². The van der Waals surface area contributed by atoms with Crippen LogP contribution in [0, 0.1) is 5.92 Å². The normalized spacial score (nSPS) is 32.9. The van der Waals surface area contributed by atoms with Crippen LogP contribution in [0.4, 0.5) is 0 Å². The topological polar surface area (TPSA) is 40.5 Å². The molecule has 1 heterocycles. The molecule has 14 heavy (non-hydrogen) atoms. The lowest BCUT2D eigenvalue weighted by Gasteiger charge is -2.47. The first kappa shape index (κ1) is 9.97. The number of carboxylic acids is 1. The van der Waals surface area contributed by atoms with E-state index in [9.17, 15) is 4.79 Å². The van der Waals surface area contributed by atoms with Gasteiger partial charge in [0.25, 0.3) is 0 Å². The summed E-state index contributed by atoms with van der Waals surface area (Å²) < 4.78 is 0. The van der Waals surface area contributed by atoms with Crippen LogP contribution < -0.4 is 0 Å². The summed E-state index contributed by atoms with van der Waals surface area (Å²) in [7, 11) is 0. The number of nitrogens with zero attached hydrogens (tertiary/aromatic N) is 1. The van der Waals surface area contributed by atoms with Crippen LogP contribution in [-0.4, -0.2) is 35.1 Å². The van der Waals surface area contributed by atoms with Gasteiger partial charge in [0, 0.05) is 19.1 Å². The Morgan fingerprint density at radius 3 is 2.86 bits per heavy atom. The van der Waals surface area contributed by atoms with Gasteiger partial charge in [0.15, 0.2) is 0 Å². The van der Waals surface area contributed by atoms with Gasteiger partial charge >= 0.3 is 5.97 Å². The van der Waals surface area contributed by atoms with Crippen LogP contribution >= 0.6 is 0 Å². The molecule has 1 aliphatic carbocycles. The lowest BCUT2D eigenvalue weighted by molar-refractivity contribution is -0.138. The predicted octanol–water partition coefficient (Wildman–Crippen LogP) is 1.73. The molecule has 0 bridgehead atoms. The van der Waals surface area contributed by atoms with Crippen molar-refractivity contribution in [3.63, 3.8) is 0 Å². The molecule has 0 aromatic carbocycles. The van der Waals surface area contributed by atoms with Crippen LogP contribution in [-0.2, 0) is 4.79 Å². The Kier molecular flexibility index (Phi) is 3.06. The summed E-state index contributed by atoms with van der Waals surface area (Å²) in [5.41, 5.74) is 0. The Hall–Kier alpha value is -0.570. The van der Waals surface area contributed by atoms with Crippen molar-refractivity contribution in [3.05, 3.63) is 0 Å². The molecule has 2 rings (SSSR count). The average Bonchev–Trinajstić information content (AvgIpc) is 2.28. The molecule has 3 nitrogen and oxygen atoms in total. The zero-order chi connectivity index (χ0) is 9.97. The Balaban J connectivity index is 1.77. The van der Waals surface area contributed by atoms with Crippen molar-refractivity contribution in [2.24, 2.45) is 5.92 Å². The molecule has 1 saturated carbocycles. The highest BCUT2D eigenvalue weighted by atomic mass is 16.4. The molecule has 2 unspecified atom stereocenters. The molecule has 1 saturated heterocycles. The highest BCUT2D eigenvalue weighted by Crippen LogP contribution is 2.35. The van der Waals surface area contributed by atoms with Crippen molar-refractivity contribution in [1.29, 1.82) is 0 Å². The number of hydrogen-bond acceptors (Lipinski definition) is 2. The number of carboxylic acid groups (broad SMARTS) is 1. The van der Waals surface area contributed by atoms with Gasteiger partial charge in [-0.05, 0) is 18.8 Å². The Bertz CT molecular complexity index is 217. The van der Waals surface area contributed by atoms with Crippen molar-refractivity contribution >= 4 is 5.97 Å². The molecule has 0 amide bonds. The second-order valence-electron chi connectivity index (χ2n) is 4.60. The van der Waals surface area contributed by atoms with Crippen LogP contribution in [0.2, 0.25) is 0 Å². The van der Waals surface area contributed by atoms with E-state index in [0.29, 0.717) is 6.42 Å². The summed E-state index contributed by atoms with van der Waals surface area (Å²) in [6.45, 7) is 1.91. The van der Waals surface area contributed by atoms with Crippen molar-refractivity contribution in [3.8, 4) is 0 Å². The Labute approximate surface area is 85.1 Å². The van der Waals surface area contributed by atoms with Gasteiger partial charge in [0.2, 0.25) is 0 Å². The van der Waals surface area contributed by atoms with Crippen LogP contribution in [0.5, 0.6) is 0 Å². The zero-order valence-corrected chi connectivity index (χ0v) is 8.61. The fraction of sp³-hybridized carbons (Fsp3) is 0.909. The van der Waals surface area contributed by atoms with Crippen molar-refractivity contribution in [1.82, 2.24) is 4.90 Å². The summed E-state index contributed by atoms with van der Waals surface area (Å²) in [5.74, 6) is 0.216. The lowest BCUT2D eigenvalue weighted by Crippen LogP contribution is -2.55. The van der Waals surface area contributed by atoms with Gasteiger partial charge in [0.05, 0.1) is 6.42 Å². The maximum Gasteiger partial charge on any atom is 0.304 e. The van der Waals surface area contributed by atoms with E-state index in [1.807, 2.05) is 0 Å². The standard InChI is InChI=1S/C11H19NO2/c13-11(14)6-7-12-8-9-4-2-1-3-5-10(9)12/h9-10H,1-8H2,(H,13,14). The van der Waals surface area contributed by atoms with Crippen molar-refractivity contribution in [2.45, 2.75) is 44.6 Å². The molecule has 0 aromatic rings. The summed E-state index contributed by atoms with van der Waals surface area (Å²) in [6, 6.07) is 0.719. The number of likely N-dealkylation sites (tertiary alicyclic amines) is 1. The van der Waals surface area contributed by atoms with Crippen LogP contribution in [0.15, 0.2) is 0 Å². The maximum atomic E-state index is 10.4. The molecular formula is C11H19NO2. The molecule has 2 fully saturated rings. The highest BCUT2D eigenvalue weighted by molar-refractivity contribution is 5.66. The lowest BCUT2D eigenvalue weighted by atomic mass is 9.84. The molecular weight excluding hydrogens is 178 g/mol. The van der Waals surface area contributed by atoms with Gasteiger partial charge in [-0.3, -0.25) is 9.69 Å². The van der Waals surface area contributed by atoms with E-state index in [4.69, 9.17) is 5.11 Å². The van der Waals surface area contributed by atoms with Gasteiger partial charge in [-0.1, -0.05) is 19.3 Å². The van der Waals surface area contributed by atoms with E-state index in [1.54, 1.807) is 0 Å².